The fraction of sp³-hybridized carbons (Fsp3) is 0.179. The average Bonchev–Trinajstić information content (AvgIpc) is 3.27. The molecule has 0 bridgehead atoms. The molecule has 8 nitrogen and oxygen atoms in total. The van der Waals surface area contributed by atoms with Gasteiger partial charge < -0.3 is 19.9 Å². The maximum absolute atomic E-state index is 13.3. The molecule has 6 rings (SSSR count). The standard InChI is InChI=1S/C28H24N4O4S/c33-27-20-9-6-12-25-26(20)22(30-37(25)35)17-23(27)29-21-10-4-5-11-24(21)31-13-15-32(16-14-31)28(34)36-18-19-7-2-1-3-8-19/h1-12,17,29H,13-16,18H2. The summed E-state index contributed by atoms with van der Waals surface area (Å²) in [6.45, 7) is 2.57. The second-order valence-electron chi connectivity index (χ2n) is 8.95. The number of carbonyl (C=O) groups excluding carboxylic acids is 2. The van der Waals surface area contributed by atoms with E-state index in [1.807, 2.05) is 54.6 Å². The highest BCUT2D eigenvalue weighted by Gasteiger charge is 2.33. The van der Waals surface area contributed by atoms with Crippen LogP contribution in [0.3, 0.4) is 0 Å². The van der Waals surface area contributed by atoms with E-state index in [9.17, 15) is 13.8 Å². The first kappa shape index (κ1) is 23.2. The number of hydrogen-bond donors (Lipinski definition) is 1. The number of Topliss-reactive ketones (excluding diaryl/α,β-unsaturated/α-hetero) is 1. The molecule has 1 N–H and O–H groups in total. The van der Waals surface area contributed by atoms with E-state index in [1.165, 1.54) is 0 Å². The van der Waals surface area contributed by atoms with Crippen molar-refractivity contribution >= 4 is 39.9 Å². The zero-order valence-electron chi connectivity index (χ0n) is 19.9. The molecular formula is C28H24N4O4S. The number of nitrogens with one attached hydrogen (secondary N) is 1. The summed E-state index contributed by atoms with van der Waals surface area (Å²) in [5.41, 5.74) is 4.79. The molecule has 1 amide bonds. The Morgan fingerprint density at radius 3 is 2.51 bits per heavy atom. The topological polar surface area (TPSA) is 91.3 Å². The number of hydrogen-bond acceptors (Lipinski definition) is 6. The zero-order valence-corrected chi connectivity index (χ0v) is 20.7. The Bertz CT molecular complexity index is 1480. The Hall–Kier alpha value is -4.24. The monoisotopic (exact) mass is 512 g/mol. The Morgan fingerprint density at radius 1 is 0.946 bits per heavy atom. The van der Waals surface area contributed by atoms with Crippen LogP contribution in [0.5, 0.6) is 0 Å². The Kier molecular flexibility index (Phi) is 6.05. The van der Waals surface area contributed by atoms with Crippen LogP contribution in [-0.4, -0.2) is 52.9 Å². The molecule has 37 heavy (non-hydrogen) atoms. The predicted molar refractivity (Wildman–Crippen MR) is 142 cm³/mol. The van der Waals surface area contributed by atoms with Gasteiger partial charge in [0.25, 0.3) is 0 Å². The van der Waals surface area contributed by atoms with E-state index in [1.54, 1.807) is 29.2 Å². The summed E-state index contributed by atoms with van der Waals surface area (Å²) in [7, 11) is -1.49. The molecule has 0 spiro atoms. The van der Waals surface area contributed by atoms with Crippen LogP contribution in [0.25, 0.3) is 0 Å². The first-order chi connectivity index (χ1) is 18.1. The van der Waals surface area contributed by atoms with Crippen molar-refractivity contribution in [2.24, 2.45) is 4.40 Å². The van der Waals surface area contributed by atoms with Crippen molar-refractivity contribution in [2.45, 2.75) is 11.5 Å². The average molecular weight is 513 g/mol. The first-order valence-electron chi connectivity index (χ1n) is 12.1. The Morgan fingerprint density at radius 2 is 1.70 bits per heavy atom. The van der Waals surface area contributed by atoms with Crippen LogP contribution >= 0.6 is 0 Å². The van der Waals surface area contributed by atoms with Crippen molar-refractivity contribution in [3.8, 4) is 0 Å². The molecule has 2 heterocycles. The number of carbonyl (C=O) groups is 2. The highest BCUT2D eigenvalue weighted by atomic mass is 32.2. The van der Waals surface area contributed by atoms with Crippen LogP contribution in [0.4, 0.5) is 16.2 Å². The summed E-state index contributed by atoms with van der Waals surface area (Å²) in [6, 6.07) is 22.6. The molecule has 186 valence electrons. The lowest BCUT2D eigenvalue weighted by Crippen LogP contribution is -2.49. The number of ketones is 1. The number of para-hydroxylation sites is 2. The minimum atomic E-state index is -1.49. The van der Waals surface area contributed by atoms with E-state index in [0.29, 0.717) is 53.6 Å². The maximum atomic E-state index is 13.3. The van der Waals surface area contributed by atoms with Crippen molar-refractivity contribution < 1.29 is 18.5 Å². The molecule has 1 fully saturated rings. The highest BCUT2D eigenvalue weighted by Crippen LogP contribution is 2.34. The lowest BCUT2D eigenvalue weighted by atomic mass is 9.92. The number of rotatable bonds is 5. The van der Waals surface area contributed by atoms with Gasteiger partial charge in [0.15, 0.2) is 11.0 Å². The van der Waals surface area contributed by atoms with Crippen molar-refractivity contribution in [3.05, 3.63) is 101 Å². The number of nitrogens with zero attached hydrogens (tertiary/aromatic N) is 3. The number of anilines is 2. The third-order valence-corrected chi connectivity index (χ3v) is 7.76. The quantitative estimate of drug-likeness (QED) is 0.552. The van der Waals surface area contributed by atoms with Gasteiger partial charge in [-0.3, -0.25) is 4.79 Å². The number of amides is 1. The molecule has 2 aliphatic heterocycles. The lowest BCUT2D eigenvalue weighted by molar-refractivity contribution is 0.0941. The summed E-state index contributed by atoms with van der Waals surface area (Å²) in [5, 5.41) is 3.30. The lowest BCUT2D eigenvalue weighted by Gasteiger charge is -2.36. The van der Waals surface area contributed by atoms with Crippen LogP contribution in [0.1, 0.15) is 21.5 Å². The molecule has 1 atom stereocenters. The summed E-state index contributed by atoms with van der Waals surface area (Å²) >= 11 is 0. The van der Waals surface area contributed by atoms with Crippen molar-refractivity contribution in [1.82, 2.24) is 4.90 Å². The van der Waals surface area contributed by atoms with Gasteiger partial charge in [0.1, 0.15) is 6.61 Å². The second kappa shape index (κ2) is 9.67. The Labute approximate surface area is 216 Å². The van der Waals surface area contributed by atoms with E-state index >= 15 is 0 Å². The summed E-state index contributed by atoms with van der Waals surface area (Å²) in [5.74, 6) is -0.157. The molecule has 3 aromatic carbocycles. The minimum absolute atomic E-state index is 0.157. The van der Waals surface area contributed by atoms with Gasteiger partial charge in [-0.1, -0.05) is 54.6 Å². The molecule has 3 aromatic rings. The van der Waals surface area contributed by atoms with Crippen LogP contribution in [0.2, 0.25) is 0 Å². The molecule has 0 saturated carbocycles. The fourth-order valence-electron chi connectivity index (χ4n) is 4.79. The smallest absolute Gasteiger partial charge is 0.410 e. The van der Waals surface area contributed by atoms with Crippen LogP contribution in [-0.2, 0) is 22.3 Å². The number of piperazine rings is 1. The van der Waals surface area contributed by atoms with E-state index in [0.717, 1.165) is 16.9 Å². The van der Waals surface area contributed by atoms with Gasteiger partial charge in [-0.05, 0) is 29.8 Å². The molecule has 1 unspecified atom stereocenters. The van der Waals surface area contributed by atoms with Crippen LogP contribution in [0, 0.1) is 0 Å². The summed E-state index contributed by atoms with van der Waals surface area (Å²) in [4.78, 5) is 30.3. The van der Waals surface area contributed by atoms with Gasteiger partial charge in [-0.15, -0.1) is 0 Å². The van der Waals surface area contributed by atoms with Gasteiger partial charge in [-0.25, -0.2) is 9.00 Å². The largest absolute Gasteiger partial charge is 0.445 e. The fourth-order valence-corrected chi connectivity index (χ4v) is 5.80. The van der Waals surface area contributed by atoms with E-state index in [4.69, 9.17) is 4.74 Å². The van der Waals surface area contributed by atoms with Gasteiger partial charge in [0, 0.05) is 37.3 Å². The number of benzene rings is 3. The molecule has 9 heteroatoms. The second-order valence-corrected chi connectivity index (χ2v) is 10.1. The predicted octanol–water partition coefficient (Wildman–Crippen LogP) is 4.16. The normalized spacial score (nSPS) is 18.2. The van der Waals surface area contributed by atoms with Crippen molar-refractivity contribution in [2.75, 3.05) is 36.4 Å². The Balaban J connectivity index is 1.14. The maximum Gasteiger partial charge on any atom is 0.410 e. The number of allylic oxidation sites excluding steroid dienone is 2. The van der Waals surface area contributed by atoms with E-state index in [2.05, 4.69) is 14.6 Å². The van der Waals surface area contributed by atoms with Gasteiger partial charge in [0.2, 0.25) is 5.78 Å². The molecular weight excluding hydrogens is 488 g/mol. The van der Waals surface area contributed by atoms with Gasteiger partial charge >= 0.3 is 6.09 Å². The summed E-state index contributed by atoms with van der Waals surface area (Å²) < 4.78 is 22.1. The van der Waals surface area contributed by atoms with Gasteiger partial charge in [0.05, 0.1) is 27.7 Å². The molecule has 3 aliphatic rings. The zero-order chi connectivity index (χ0) is 25.4. The van der Waals surface area contributed by atoms with Crippen LogP contribution < -0.4 is 10.2 Å². The van der Waals surface area contributed by atoms with Crippen molar-refractivity contribution in [1.29, 1.82) is 0 Å². The molecule has 0 aromatic heterocycles. The number of ether oxygens (including phenoxy) is 1. The molecule has 1 aliphatic carbocycles. The SMILES string of the molecule is O=C1C(Nc2ccccc2N2CCN(C(=O)OCc3ccccc3)CC2)=CC2=NS(=O)c3cccc1c32. The molecule has 1 saturated heterocycles. The third kappa shape index (κ3) is 4.42. The summed E-state index contributed by atoms with van der Waals surface area (Å²) in [6.07, 6.45) is 1.36. The van der Waals surface area contributed by atoms with Crippen LogP contribution in [0.15, 0.2) is 93.9 Å². The molecule has 0 radical (unpaired) electrons. The third-order valence-electron chi connectivity index (χ3n) is 6.68. The van der Waals surface area contributed by atoms with E-state index in [-0.39, 0.29) is 18.5 Å². The van der Waals surface area contributed by atoms with Gasteiger partial charge in [-0.2, -0.15) is 4.40 Å². The first-order valence-corrected chi connectivity index (χ1v) is 13.2. The highest BCUT2D eigenvalue weighted by molar-refractivity contribution is 7.84. The minimum Gasteiger partial charge on any atom is -0.445 e. The van der Waals surface area contributed by atoms with E-state index < -0.39 is 11.0 Å². The van der Waals surface area contributed by atoms with Crippen molar-refractivity contribution in [3.63, 3.8) is 0 Å².